The van der Waals surface area contributed by atoms with Gasteiger partial charge in [-0.05, 0) is 33.0 Å². The average molecular weight is 263 g/mol. The van der Waals surface area contributed by atoms with Crippen molar-refractivity contribution in [2.75, 3.05) is 38.7 Å². The molecule has 1 aromatic rings. The number of ether oxygens (including phenoxy) is 1. The van der Waals surface area contributed by atoms with Crippen LogP contribution in [0.5, 0.6) is 5.75 Å². The molecule has 19 heavy (non-hydrogen) atoms. The second kappa shape index (κ2) is 5.80. The second-order valence-electron chi connectivity index (χ2n) is 5.49. The van der Waals surface area contributed by atoms with Gasteiger partial charge in [0.15, 0.2) is 0 Å². The molecule has 2 rings (SSSR count). The molecule has 4 nitrogen and oxygen atoms in total. The van der Waals surface area contributed by atoms with E-state index in [0.717, 1.165) is 30.9 Å². The minimum atomic E-state index is -0.0296. The minimum absolute atomic E-state index is 0.0296. The van der Waals surface area contributed by atoms with E-state index in [-0.39, 0.29) is 6.04 Å². The van der Waals surface area contributed by atoms with Crippen molar-refractivity contribution in [2.24, 2.45) is 5.73 Å². The first kappa shape index (κ1) is 14.2. The lowest BCUT2D eigenvalue weighted by molar-refractivity contribution is 0.275. The van der Waals surface area contributed by atoms with Gasteiger partial charge in [-0.2, -0.15) is 0 Å². The lowest BCUT2D eigenvalue weighted by atomic mass is 10.0. The number of hydrogen-bond donors (Lipinski definition) is 1. The van der Waals surface area contributed by atoms with Gasteiger partial charge >= 0.3 is 0 Å². The molecule has 1 aliphatic rings. The first-order valence-electron chi connectivity index (χ1n) is 6.92. The third kappa shape index (κ3) is 2.85. The molecule has 1 aromatic carbocycles. The largest absolute Gasteiger partial charge is 0.496 e. The Labute approximate surface area is 116 Å². The molecule has 0 amide bonds. The lowest BCUT2D eigenvalue weighted by Crippen LogP contribution is -2.51. The predicted octanol–water partition coefficient (Wildman–Crippen LogP) is 1.86. The smallest absolute Gasteiger partial charge is 0.125 e. The van der Waals surface area contributed by atoms with Gasteiger partial charge in [0, 0.05) is 43.0 Å². The molecule has 1 heterocycles. The minimum Gasteiger partial charge on any atom is -0.496 e. The van der Waals surface area contributed by atoms with Crippen molar-refractivity contribution in [3.8, 4) is 5.75 Å². The second-order valence-corrected chi connectivity index (χ2v) is 5.49. The van der Waals surface area contributed by atoms with Gasteiger partial charge in [-0.1, -0.05) is 6.07 Å². The van der Waals surface area contributed by atoms with Crippen LogP contribution in [0.25, 0.3) is 0 Å². The number of piperazine rings is 1. The fourth-order valence-corrected chi connectivity index (χ4v) is 2.92. The highest BCUT2D eigenvalue weighted by molar-refractivity contribution is 5.61. The fourth-order valence-electron chi connectivity index (χ4n) is 2.92. The molecular weight excluding hydrogens is 238 g/mol. The Bertz CT molecular complexity index is 433. The number of hydrogen-bond acceptors (Lipinski definition) is 4. The zero-order valence-corrected chi connectivity index (χ0v) is 12.4. The Morgan fingerprint density at radius 2 is 2.11 bits per heavy atom. The normalized spacial score (nSPS) is 22.4. The zero-order chi connectivity index (χ0) is 14.0. The van der Waals surface area contributed by atoms with Crippen LogP contribution < -0.4 is 15.4 Å². The Balaban J connectivity index is 2.38. The van der Waals surface area contributed by atoms with Gasteiger partial charge in [0.2, 0.25) is 0 Å². The molecule has 106 valence electrons. The van der Waals surface area contributed by atoms with Gasteiger partial charge in [-0.25, -0.2) is 0 Å². The standard InChI is InChI=1S/C15H25N3O/c1-11-10-17(3)8-9-18(11)13-6-5-7-14(19-4)15(13)12(2)16/h5-7,11-12H,8-10,16H2,1-4H3. The van der Waals surface area contributed by atoms with E-state index in [1.165, 1.54) is 5.69 Å². The number of rotatable bonds is 3. The third-order valence-electron chi connectivity index (χ3n) is 3.86. The van der Waals surface area contributed by atoms with E-state index in [2.05, 4.69) is 29.8 Å². The van der Waals surface area contributed by atoms with Crippen LogP contribution in [-0.4, -0.2) is 44.7 Å². The maximum atomic E-state index is 6.15. The molecule has 0 saturated carbocycles. The van der Waals surface area contributed by atoms with Crippen LogP contribution in [0.3, 0.4) is 0 Å². The maximum Gasteiger partial charge on any atom is 0.125 e. The molecular formula is C15H25N3O. The van der Waals surface area contributed by atoms with Crippen molar-refractivity contribution in [3.05, 3.63) is 23.8 Å². The molecule has 0 bridgehead atoms. The Morgan fingerprint density at radius 3 is 2.68 bits per heavy atom. The van der Waals surface area contributed by atoms with E-state index >= 15 is 0 Å². The predicted molar refractivity (Wildman–Crippen MR) is 79.9 cm³/mol. The Hall–Kier alpha value is -1.26. The van der Waals surface area contributed by atoms with Crippen molar-refractivity contribution < 1.29 is 4.74 Å². The van der Waals surface area contributed by atoms with Crippen molar-refractivity contribution in [1.29, 1.82) is 0 Å². The highest BCUT2D eigenvalue weighted by Gasteiger charge is 2.25. The molecule has 0 spiro atoms. The molecule has 2 atom stereocenters. The summed E-state index contributed by atoms with van der Waals surface area (Å²) in [6, 6.07) is 6.65. The summed E-state index contributed by atoms with van der Waals surface area (Å²) in [6.45, 7) is 7.47. The highest BCUT2D eigenvalue weighted by Crippen LogP contribution is 2.35. The molecule has 1 fully saturated rings. The molecule has 4 heteroatoms. The Morgan fingerprint density at radius 1 is 1.37 bits per heavy atom. The molecule has 0 aromatic heterocycles. The first-order valence-corrected chi connectivity index (χ1v) is 6.92. The summed E-state index contributed by atoms with van der Waals surface area (Å²) in [5, 5.41) is 0. The van der Waals surface area contributed by atoms with Crippen LogP contribution in [0.4, 0.5) is 5.69 Å². The number of likely N-dealkylation sites (N-methyl/N-ethyl adjacent to an activating group) is 1. The quantitative estimate of drug-likeness (QED) is 0.904. The molecule has 0 radical (unpaired) electrons. The van der Waals surface area contributed by atoms with Crippen LogP contribution >= 0.6 is 0 Å². The number of methoxy groups -OCH3 is 1. The first-order chi connectivity index (χ1) is 9.04. The molecule has 2 N–H and O–H groups in total. The van der Waals surface area contributed by atoms with E-state index in [1.807, 2.05) is 19.1 Å². The van der Waals surface area contributed by atoms with Crippen LogP contribution in [0.15, 0.2) is 18.2 Å². The summed E-state index contributed by atoms with van der Waals surface area (Å²) in [6.07, 6.45) is 0. The Kier molecular flexibility index (Phi) is 4.32. The van der Waals surface area contributed by atoms with Gasteiger partial charge < -0.3 is 20.3 Å². The van der Waals surface area contributed by atoms with Crippen LogP contribution in [0.2, 0.25) is 0 Å². The third-order valence-corrected chi connectivity index (χ3v) is 3.86. The summed E-state index contributed by atoms with van der Waals surface area (Å²) in [7, 11) is 3.88. The highest BCUT2D eigenvalue weighted by atomic mass is 16.5. The van der Waals surface area contributed by atoms with Crippen LogP contribution in [0.1, 0.15) is 25.5 Å². The van der Waals surface area contributed by atoms with E-state index in [1.54, 1.807) is 7.11 Å². The number of nitrogens with two attached hydrogens (primary N) is 1. The summed E-state index contributed by atoms with van der Waals surface area (Å²) in [5.41, 5.74) is 8.48. The number of nitrogens with zero attached hydrogens (tertiary/aromatic N) is 2. The zero-order valence-electron chi connectivity index (χ0n) is 12.4. The molecule has 1 aliphatic heterocycles. The van der Waals surface area contributed by atoms with Gasteiger partial charge in [-0.15, -0.1) is 0 Å². The van der Waals surface area contributed by atoms with E-state index < -0.39 is 0 Å². The van der Waals surface area contributed by atoms with Crippen molar-refractivity contribution in [3.63, 3.8) is 0 Å². The summed E-state index contributed by atoms with van der Waals surface area (Å²) >= 11 is 0. The number of benzene rings is 1. The molecule has 1 saturated heterocycles. The van der Waals surface area contributed by atoms with Crippen molar-refractivity contribution >= 4 is 5.69 Å². The van der Waals surface area contributed by atoms with E-state index in [4.69, 9.17) is 10.5 Å². The topological polar surface area (TPSA) is 41.7 Å². The van der Waals surface area contributed by atoms with Gasteiger partial charge in [0.05, 0.1) is 7.11 Å². The van der Waals surface area contributed by atoms with Gasteiger partial charge in [-0.3, -0.25) is 0 Å². The lowest BCUT2D eigenvalue weighted by Gasteiger charge is -2.41. The molecule has 2 unspecified atom stereocenters. The van der Waals surface area contributed by atoms with Crippen LogP contribution in [-0.2, 0) is 0 Å². The van der Waals surface area contributed by atoms with Gasteiger partial charge in [0.25, 0.3) is 0 Å². The number of anilines is 1. The SMILES string of the molecule is COc1cccc(N2CCN(C)CC2C)c1C(C)N. The molecule has 0 aliphatic carbocycles. The van der Waals surface area contributed by atoms with Crippen molar-refractivity contribution in [1.82, 2.24) is 4.90 Å². The average Bonchev–Trinajstić information content (AvgIpc) is 2.37. The summed E-state index contributed by atoms with van der Waals surface area (Å²) in [5.74, 6) is 0.888. The van der Waals surface area contributed by atoms with Crippen molar-refractivity contribution in [2.45, 2.75) is 25.9 Å². The summed E-state index contributed by atoms with van der Waals surface area (Å²) in [4.78, 5) is 4.81. The monoisotopic (exact) mass is 263 g/mol. The fraction of sp³-hybridized carbons (Fsp3) is 0.600. The maximum absolute atomic E-state index is 6.15. The van der Waals surface area contributed by atoms with E-state index in [9.17, 15) is 0 Å². The summed E-state index contributed by atoms with van der Waals surface area (Å²) < 4.78 is 5.48. The van der Waals surface area contributed by atoms with E-state index in [0.29, 0.717) is 6.04 Å². The van der Waals surface area contributed by atoms with Gasteiger partial charge in [0.1, 0.15) is 5.75 Å². The van der Waals surface area contributed by atoms with Crippen LogP contribution in [0, 0.1) is 0 Å².